The van der Waals surface area contributed by atoms with E-state index in [-0.39, 0.29) is 18.9 Å². The van der Waals surface area contributed by atoms with Gasteiger partial charge < -0.3 is 10.0 Å². The summed E-state index contributed by atoms with van der Waals surface area (Å²) >= 11 is 0. The molecule has 22 heavy (non-hydrogen) atoms. The van der Waals surface area contributed by atoms with Crippen LogP contribution in [0.25, 0.3) is 0 Å². The van der Waals surface area contributed by atoms with Gasteiger partial charge in [0.2, 0.25) is 5.91 Å². The average molecular weight is 309 g/mol. The summed E-state index contributed by atoms with van der Waals surface area (Å²) in [6.07, 6.45) is 0.263. The van der Waals surface area contributed by atoms with Gasteiger partial charge in [-0.2, -0.15) is 5.10 Å². The number of likely N-dealkylation sites (N-methyl/N-ethyl adjacent to an activating group) is 1. The van der Waals surface area contributed by atoms with Gasteiger partial charge >= 0.3 is 5.97 Å². The average Bonchev–Trinajstić information content (AvgIpc) is 2.65. The summed E-state index contributed by atoms with van der Waals surface area (Å²) in [5, 5.41) is 13.4. The van der Waals surface area contributed by atoms with Crippen LogP contribution in [0.4, 0.5) is 0 Å². The van der Waals surface area contributed by atoms with E-state index < -0.39 is 11.9 Å². The van der Waals surface area contributed by atoms with Crippen molar-refractivity contribution in [2.45, 2.75) is 47.6 Å². The molecule has 1 amide bonds. The lowest BCUT2D eigenvalue weighted by Gasteiger charge is -2.19. The molecule has 0 fully saturated rings. The largest absolute Gasteiger partial charge is 0.481 e. The number of aromatic nitrogens is 2. The Bertz CT molecular complexity index is 549. The fraction of sp³-hybridized carbons (Fsp3) is 0.688. The Labute approximate surface area is 132 Å². The van der Waals surface area contributed by atoms with Crippen molar-refractivity contribution in [1.82, 2.24) is 14.7 Å². The normalized spacial score (nSPS) is 12.5. The minimum absolute atomic E-state index is 0.0802. The van der Waals surface area contributed by atoms with Crippen molar-refractivity contribution in [1.29, 1.82) is 0 Å². The first-order valence-electron chi connectivity index (χ1n) is 7.63. The van der Waals surface area contributed by atoms with Crippen molar-refractivity contribution in [2.24, 2.45) is 11.8 Å². The van der Waals surface area contributed by atoms with Crippen LogP contribution >= 0.6 is 0 Å². The molecule has 1 heterocycles. The number of carboxylic acids is 1. The quantitative estimate of drug-likeness (QED) is 0.834. The zero-order valence-electron chi connectivity index (χ0n) is 14.4. The van der Waals surface area contributed by atoms with E-state index in [4.69, 9.17) is 5.11 Å². The van der Waals surface area contributed by atoms with E-state index in [2.05, 4.69) is 18.9 Å². The number of aliphatic carboxylic acids is 1. The number of amides is 1. The molecule has 0 saturated carbocycles. The Hall–Kier alpha value is -1.85. The first-order valence-corrected chi connectivity index (χ1v) is 7.63. The Morgan fingerprint density at radius 3 is 2.36 bits per heavy atom. The number of hydrogen-bond donors (Lipinski definition) is 1. The molecular formula is C16H27N3O3. The van der Waals surface area contributed by atoms with E-state index in [0.717, 1.165) is 23.5 Å². The maximum Gasteiger partial charge on any atom is 0.308 e. The third-order valence-corrected chi connectivity index (χ3v) is 3.79. The van der Waals surface area contributed by atoms with Gasteiger partial charge in [0.25, 0.3) is 0 Å². The number of nitrogens with zero attached hydrogens (tertiary/aromatic N) is 3. The lowest BCUT2D eigenvalue weighted by Crippen LogP contribution is -2.34. The molecule has 1 atom stereocenters. The van der Waals surface area contributed by atoms with Gasteiger partial charge in [-0.05, 0) is 19.8 Å². The molecule has 1 aromatic heterocycles. The smallest absolute Gasteiger partial charge is 0.308 e. The van der Waals surface area contributed by atoms with E-state index in [9.17, 15) is 9.59 Å². The lowest BCUT2D eigenvalue weighted by molar-refractivity contribution is -0.142. The first kappa shape index (κ1) is 18.2. The third kappa shape index (κ3) is 4.58. The van der Waals surface area contributed by atoms with Crippen LogP contribution in [0.3, 0.4) is 0 Å². The predicted molar refractivity (Wildman–Crippen MR) is 84.7 cm³/mol. The van der Waals surface area contributed by atoms with Crippen LogP contribution in [0.1, 0.15) is 37.7 Å². The van der Waals surface area contributed by atoms with Gasteiger partial charge in [-0.1, -0.05) is 20.8 Å². The molecule has 1 rings (SSSR count). The molecule has 0 bridgehead atoms. The number of aryl methyl sites for hydroxylation is 1. The van der Waals surface area contributed by atoms with Crippen molar-refractivity contribution in [3.8, 4) is 0 Å². The fourth-order valence-corrected chi connectivity index (χ4v) is 2.39. The maximum absolute atomic E-state index is 12.3. The number of carboxylic acid groups (broad SMARTS) is 1. The third-order valence-electron chi connectivity index (χ3n) is 3.79. The van der Waals surface area contributed by atoms with Crippen LogP contribution < -0.4 is 0 Å². The van der Waals surface area contributed by atoms with Gasteiger partial charge in [0.1, 0.15) is 0 Å². The highest BCUT2D eigenvalue weighted by Gasteiger charge is 2.20. The maximum atomic E-state index is 12.3. The molecule has 0 saturated heterocycles. The molecule has 0 spiro atoms. The van der Waals surface area contributed by atoms with Gasteiger partial charge in [0.15, 0.2) is 0 Å². The standard InChI is InChI=1S/C16H27N3O3/c1-10(2)8-19-13(5)14(12(4)17-19)7-15(20)18(6)9-11(3)16(21)22/h10-11H,7-9H2,1-6H3,(H,21,22). The highest BCUT2D eigenvalue weighted by Crippen LogP contribution is 2.16. The highest BCUT2D eigenvalue weighted by molar-refractivity contribution is 5.80. The monoisotopic (exact) mass is 309 g/mol. The van der Waals surface area contributed by atoms with E-state index >= 15 is 0 Å². The van der Waals surface area contributed by atoms with E-state index in [1.54, 1.807) is 14.0 Å². The molecule has 1 N–H and O–H groups in total. The van der Waals surface area contributed by atoms with E-state index in [0.29, 0.717) is 5.92 Å². The van der Waals surface area contributed by atoms with Gasteiger partial charge in [-0.3, -0.25) is 14.3 Å². The van der Waals surface area contributed by atoms with Crippen LogP contribution in [0.2, 0.25) is 0 Å². The van der Waals surface area contributed by atoms with Gasteiger partial charge in [0.05, 0.1) is 18.0 Å². The number of carbonyl (C=O) groups is 2. The van der Waals surface area contributed by atoms with Crippen LogP contribution in [-0.4, -0.2) is 45.3 Å². The molecule has 0 aromatic carbocycles. The Morgan fingerprint density at radius 2 is 1.86 bits per heavy atom. The molecule has 6 heteroatoms. The summed E-state index contributed by atoms with van der Waals surface area (Å²) < 4.78 is 1.95. The summed E-state index contributed by atoms with van der Waals surface area (Å²) in [6, 6.07) is 0. The molecular weight excluding hydrogens is 282 g/mol. The van der Waals surface area contributed by atoms with Crippen LogP contribution in [-0.2, 0) is 22.6 Å². The van der Waals surface area contributed by atoms with E-state index in [1.807, 2.05) is 18.5 Å². The second kappa shape index (κ2) is 7.42. The van der Waals surface area contributed by atoms with Crippen LogP contribution in [0.5, 0.6) is 0 Å². The number of rotatable bonds is 7. The SMILES string of the molecule is Cc1nn(CC(C)C)c(C)c1CC(=O)N(C)CC(C)C(=O)O. The molecule has 124 valence electrons. The minimum atomic E-state index is -0.892. The summed E-state index contributed by atoms with van der Waals surface area (Å²) in [5.74, 6) is -1.05. The Morgan fingerprint density at radius 1 is 1.27 bits per heavy atom. The molecule has 0 aliphatic carbocycles. The molecule has 1 aromatic rings. The van der Waals surface area contributed by atoms with E-state index in [1.165, 1.54) is 4.90 Å². The Balaban J connectivity index is 2.80. The zero-order chi connectivity index (χ0) is 17.0. The zero-order valence-corrected chi connectivity index (χ0v) is 14.4. The van der Waals surface area contributed by atoms with Gasteiger partial charge in [-0.25, -0.2) is 0 Å². The van der Waals surface area contributed by atoms with Crippen LogP contribution in [0.15, 0.2) is 0 Å². The summed E-state index contributed by atoms with van der Waals surface area (Å²) in [5.41, 5.74) is 2.82. The van der Waals surface area contributed by atoms with Crippen molar-refractivity contribution in [3.63, 3.8) is 0 Å². The first-order chi connectivity index (χ1) is 10.1. The topological polar surface area (TPSA) is 75.4 Å². The number of carbonyl (C=O) groups excluding carboxylic acids is 1. The second-order valence-corrected chi connectivity index (χ2v) is 6.42. The predicted octanol–water partition coefficient (Wildman–Crippen LogP) is 1.88. The van der Waals surface area contributed by atoms with Crippen molar-refractivity contribution < 1.29 is 14.7 Å². The fourth-order valence-electron chi connectivity index (χ4n) is 2.39. The lowest BCUT2D eigenvalue weighted by atomic mass is 10.1. The molecule has 6 nitrogen and oxygen atoms in total. The molecule has 0 aliphatic rings. The van der Waals surface area contributed by atoms with Crippen LogP contribution in [0, 0.1) is 25.7 Å². The van der Waals surface area contributed by atoms with Gasteiger partial charge in [-0.15, -0.1) is 0 Å². The Kier molecular flexibility index (Phi) is 6.14. The molecule has 0 radical (unpaired) electrons. The summed E-state index contributed by atoms with van der Waals surface area (Å²) in [4.78, 5) is 24.7. The highest BCUT2D eigenvalue weighted by atomic mass is 16.4. The number of hydrogen-bond acceptors (Lipinski definition) is 3. The summed E-state index contributed by atoms with van der Waals surface area (Å²) in [7, 11) is 1.64. The minimum Gasteiger partial charge on any atom is -0.481 e. The summed E-state index contributed by atoms with van der Waals surface area (Å²) in [6.45, 7) is 10.8. The second-order valence-electron chi connectivity index (χ2n) is 6.42. The molecule has 1 unspecified atom stereocenters. The van der Waals surface area contributed by atoms with Crippen molar-refractivity contribution in [2.75, 3.05) is 13.6 Å². The van der Waals surface area contributed by atoms with Crippen molar-refractivity contribution >= 4 is 11.9 Å². The molecule has 0 aliphatic heterocycles. The van der Waals surface area contributed by atoms with Gasteiger partial charge in [0, 0.05) is 31.4 Å². The van der Waals surface area contributed by atoms with Crippen molar-refractivity contribution in [3.05, 3.63) is 17.0 Å².